The van der Waals surface area contributed by atoms with Crippen LogP contribution in [0.3, 0.4) is 0 Å². The zero-order valence-corrected chi connectivity index (χ0v) is 8.81. The van der Waals surface area contributed by atoms with E-state index in [1.807, 2.05) is 0 Å². The van der Waals surface area contributed by atoms with E-state index in [-0.39, 0.29) is 15.6 Å². The predicted octanol–water partition coefficient (Wildman–Crippen LogP) is 0.528. The van der Waals surface area contributed by atoms with E-state index in [0.717, 1.165) is 0 Å². The molecule has 0 aromatic carbocycles. The fourth-order valence-corrected chi connectivity index (χ4v) is 3.40. The molecule has 3 rings (SSSR count). The van der Waals surface area contributed by atoms with E-state index in [4.69, 9.17) is 0 Å². The largest absolute Gasteiger partial charge is 0.618 e. The van der Waals surface area contributed by atoms with E-state index in [0.29, 0.717) is 10.3 Å². The van der Waals surface area contributed by atoms with E-state index >= 15 is 0 Å². The van der Waals surface area contributed by atoms with E-state index in [1.54, 1.807) is 12.1 Å². The maximum atomic E-state index is 12.0. The van der Waals surface area contributed by atoms with Crippen molar-refractivity contribution in [2.75, 3.05) is 0 Å². The molecule has 6 heteroatoms. The SMILES string of the molecule is O=S1(=O)c2ccc[n+]([O-])c2-c2cccnc21. The molecule has 0 saturated carbocycles. The summed E-state index contributed by atoms with van der Waals surface area (Å²) in [5, 5.41) is 11.5. The van der Waals surface area contributed by atoms with Crippen LogP contribution in [0, 0.1) is 5.21 Å². The van der Waals surface area contributed by atoms with Gasteiger partial charge in [-0.2, -0.15) is 4.73 Å². The number of pyridine rings is 2. The summed E-state index contributed by atoms with van der Waals surface area (Å²) in [5.41, 5.74) is 0.527. The number of aromatic nitrogens is 2. The molecule has 0 saturated heterocycles. The fraction of sp³-hybridized carbons (Fsp3) is 0. The normalized spacial score (nSPS) is 15.5. The van der Waals surface area contributed by atoms with Crippen LogP contribution in [0.2, 0.25) is 0 Å². The Bertz CT molecular complexity index is 695. The van der Waals surface area contributed by atoms with Crippen molar-refractivity contribution in [3.8, 4) is 11.3 Å². The van der Waals surface area contributed by atoms with E-state index in [1.165, 1.54) is 24.5 Å². The Kier molecular flexibility index (Phi) is 1.62. The highest BCUT2D eigenvalue weighted by Crippen LogP contribution is 2.38. The van der Waals surface area contributed by atoms with Crippen molar-refractivity contribution >= 4 is 9.84 Å². The molecule has 3 heterocycles. The van der Waals surface area contributed by atoms with Crippen molar-refractivity contribution in [2.45, 2.75) is 9.92 Å². The van der Waals surface area contributed by atoms with Gasteiger partial charge in [0.25, 0.3) is 0 Å². The van der Waals surface area contributed by atoms with Crippen LogP contribution in [0.4, 0.5) is 0 Å². The molecule has 0 N–H and O–H groups in total. The number of hydrogen-bond acceptors (Lipinski definition) is 4. The van der Waals surface area contributed by atoms with Gasteiger partial charge in [0, 0.05) is 12.3 Å². The fourth-order valence-electron chi connectivity index (χ4n) is 1.83. The third-order valence-corrected chi connectivity index (χ3v) is 4.24. The summed E-state index contributed by atoms with van der Waals surface area (Å²) in [4.78, 5) is 3.85. The van der Waals surface area contributed by atoms with Gasteiger partial charge in [0.2, 0.25) is 15.5 Å². The molecule has 0 radical (unpaired) electrons. The minimum atomic E-state index is -3.62. The van der Waals surface area contributed by atoms with Gasteiger partial charge >= 0.3 is 0 Å². The predicted molar refractivity (Wildman–Crippen MR) is 54.1 cm³/mol. The molecule has 0 spiro atoms. The lowest BCUT2D eigenvalue weighted by atomic mass is 10.2. The number of sulfone groups is 1. The highest BCUT2D eigenvalue weighted by molar-refractivity contribution is 7.92. The first kappa shape index (κ1) is 9.29. The summed E-state index contributed by atoms with van der Waals surface area (Å²) in [5.74, 6) is 0. The van der Waals surface area contributed by atoms with Crippen molar-refractivity contribution < 1.29 is 13.1 Å². The van der Waals surface area contributed by atoms with Gasteiger partial charge in [-0.05, 0) is 18.2 Å². The number of hydrogen-bond donors (Lipinski definition) is 0. The maximum Gasteiger partial charge on any atom is 0.245 e. The average Bonchev–Trinajstić information content (AvgIpc) is 2.51. The molecule has 5 nitrogen and oxygen atoms in total. The molecule has 16 heavy (non-hydrogen) atoms. The molecule has 2 aromatic rings. The van der Waals surface area contributed by atoms with Crippen molar-refractivity contribution in [1.82, 2.24) is 4.98 Å². The van der Waals surface area contributed by atoms with Gasteiger partial charge in [0.1, 0.15) is 4.90 Å². The first-order chi connectivity index (χ1) is 7.62. The van der Waals surface area contributed by atoms with Gasteiger partial charge in [-0.3, -0.25) is 0 Å². The lowest BCUT2D eigenvalue weighted by Gasteiger charge is -2.00. The van der Waals surface area contributed by atoms with Gasteiger partial charge in [0.05, 0.1) is 5.56 Å². The summed E-state index contributed by atoms with van der Waals surface area (Å²) in [6.07, 6.45) is 2.67. The van der Waals surface area contributed by atoms with Crippen LogP contribution in [-0.2, 0) is 9.84 Å². The summed E-state index contributed by atoms with van der Waals surface area (Å²) in [7, 11) is -3.62. The molecule has 0 aliphatic carbocycles. The quantitative estimate of drug-likeness (QED) is 0.420. The maximum absolute atomic E-state index is 12.0. The molecule has 1 aliphatic rings. The standard InChI is InChI=1S/C10H6N2O3S/c13-12-6-2-4-8-9(12)7-3-1-5-11-10(7)16(8,14)15/h1-6H. The second kappa shape index (κ2) is 2.79. The molecular formula is C10H6N2O3S. The Morgan fingerprint density at radius 3 is 2.88 bits per heavy atom. The minimum Gasteiger partial charge on any atom is -0.618 e. The zero-order chi connectivity index (χ0) is 11.3. The van der Waals surface area contributed by atoms with Crippen LogP contribution in [0.1, 0.15) is 0 Å². The molecule has 80 valence electrons. The molecule has 0 amide bonds. The Balaban J connectivity index is 2.56. The van der Waals surface area contributed by atoms with Crippen LogP contribution in [0.5, 0.6) is 0 Å². The van der Waals surface area contributed by atoms with Gasteiger partial charge < -0.3 is 5.21 Å². The van der Waals surface area contributed by atoms with Crippen LogP contribution in [-0.4, -0.2) is 13.4 Å². The monoisotopic (exact) mass is 234 g/mol. The van der Waals surface area contributed by atoms with Gasteiger partial charge in [-0.1, -0.05) is 0 Å². The smallest absolute Gasteiger partial charge is 0.245 e. The Hall–Kier alpha value is -1.95. The first-order valence-corrected chi connectivity index (χ1v) is 6.03. The van der Waals surface area contributed by atoms with E-state index in [2.05, 4.69) is 4.98 Å². The second-order valence-electron chi connectivity index (χ2n) is 3.41. The van der Waals surface area contributed by atoms with Crippen molar-refractivity contribution in [2.24, 2.45) is 0 Å². The van der Waals surface area contributed by atoms with Crippen LogP contribution >= 0.6 is 0 Å². The zero-order valence-electron chi connectivity index (χ0n) is 7.99. The second-order valence-corrected chi connectivity index (χ2v) is 5.24. The topological polar surface area (TPSA) is 74.0 Å². The Morgan fingerprint density at radius 2 is 2.06 bits per heavy atom. The van der Waals surface area contributed by atoms with Crippen LogP contribution < -0.4 is 4.73 Å². The molecular weight excluding hydrogens is 228 g/mol. The molecule has 1 aliphatic heterocycles. The molecule has 0 unspecified atom stereocenters. The third kappa shape index (κ3) is 0.965. The number of rotatable bonds is 0. The Labute approximate surface area is 91.5 Å². The van der Waals surface area contributed by atoms with Gasteiger partial charge in [-0.15, -0.1) is 0 Å². The highest BCUT2D eigenvalue weighted by Gasteiger charge is 2.39. The molecule has 2 aromatic heterocycles. The average molecular weight is 234 g/mol. The minimum absolute atomic E-state index is 0.0266. The summed E-state index contributed by atoms with van der Waals surface area (Å²) >= 11 is 0. The summed E-state index contributed by atoms with van der Waals surface area (Å²) in [6, 6.07) is 6.02. The number of fused-ring (bicyclic) bond motifs is 3. The third-order valence-electron chi connectivity index (χ3n) is 2.49. The summed E-state index contributed by atoms with van der Waals surface area (Å²) in [6.45, 7) is 0. The molecule has 0 atom stereocenters. The van der Waals surface area contributed by atoms with Crippen molar-refractivity contribution in [3.63, 3.8) is 0 Å². The number of nitrogens with zero attached hydrogens (tertiary/aromatic N) is 2. The summed E-state index contributed by atoms with van der Waals surface area (Å²) < 4.78 is 24.6. The van der Waals surface area contributed by atoms with E-state index in [9.17, 15) is 13.6 Å². The van der Waals surface area contributed by atoms with Crippen molar-refractivity contribution in [1.29, 1.82) is 0 Å². The van der Waals surface area contributed by atoms with Gasteiger partial charge in [0.15, 0.2) is 11.2 Å². The van der Waals surface area contributed by atoms with Crippen molar-refractivity contribution in [3.05, 3.63) is 41.9 Å². The van der Waals surface area contributed by atoms with Crippen LogP contribution in [0.25, 0.3) is 11.3 Å². The Morgan fingerprint density at radius 1 is 1.25 bits per heavy atom. The van der Waals surface area contributed by atoms with E-state index < -0.39 is 9.84 Å². The first-order valence-electron chi connectivity index (χ1n) is 4.55. The highest BCUT2D eigenvalue weighted by atomic mass is 32.2. The van der Waals surface area contributed by atoms with Crippen LogP contribution in [0.15, 0.2) is 46.6 Å². The lowest BCUT2D eigenvalue weighted by Crippen LogP contribution is -2.28. The molecule has 0 fully saturated rings. The van der Waals surface area contributed by atoms with Gasteiger partial charge in [-0.25, -0.2) is 13.4 Å². The molecule has 0 bridgehead atoms. The lowest BCUT2D eigenvalue weighted by molar-refractivity contribution is -0.595.